The van der Waals surface area contributed by atoms with Crippen LogP contribution in [0, 0.1) is 0 Å². The molecule has 46 heavy (non-hydrogen) atoms. The summed E-state index contributed by atoms with van der Waals surface area (Å²) in [4.78, 5) is 0. The Morgan fingerprint density at radius 1 is 0.457 bits per heavy atom. The topological polar surface area (TPSA) is 318 Å². The van der Waals surface area contributed by atoms with Gasteiger partial charge >= 0.3 is 0 Å². The maximum atomic E-state index is 11.0. The van der Waals surface area contributed by atoms with Crippen molar-refractivity contribution < 1.29 is 94.8 Å². The van der Waals surface area contributed by atoms with Crippen LogP contribution in [0.4, 0.5) is 0 Å². The van der Waals surface area contributed by atoms with Crippen LogP contribution >= 0.6 is 23.5 Å². The molecule has 13 N–H and O–H groups in total. The van der Waals surface area contributed by atoms with E-state index in [9.17, 15) is 66.4 Å². The third-order valence-electron chi connectivity index (χ3n) is 8.42. The molecule has 0 amide bonds. The van der Waals surface area contributed by atoms with Gasteiger partial charge in [-0.1, -0.05) is 0 Å². The molecule has 19 nitrogen and oxygen atoms in total. The maximum absolute atomic E-state index is 11.0. The summed E-state index contributed by atoms with van der Waals surface area (Å²) in [6, 6.07) is 0. The number of hydrogen-bond acceptors (Lipinski definition) is 21. The quantitative estimate of drug-likeness (QED) is 0.0946. The molecule has 0 unspecified atom stereocenters. The first-order valence-electron chi connectivity index (χ1n) is 14.5. The van der Waals surface area contributed by atoms with E-state index in [2.05, 4.69) is 0 Å². The van der Waals surface area contributed by atoms with Crippen LogP contribution in [0.5, 0.6) is 0 Å². The highest BCUT2D eigenvalue weighted by Crippen LogP contribution is 2.43. The van der Waals surface area contributed by atoms with E-state index in [1.807, 2.05) is 0 Å². The molecule has 20 atom stereocenters. The third kappa shape index (κ3) is 7.80. The first kappa shape index (κ1) is 38.7. The molecule has 0 radical (unpaired) electrons. The highest BCUT2D eigenvalue weighted by molar-refractivity contribution is 8.01. The van der Waals surface area contributed by atoms with E-state index >= 15 is 0 Å². The van der Waals surface area contributed by atoms with Gasteiger partial charge in [0.05, 0.1) is 61.3 Å². The Bertz CT molecular complexity index is 936. The molecular formula is C25H44O19S2. The molecule has 0 aromatic carbocycles. The maximum Gasteiger partial charge on any atom is 0.187 e. The Kier molecular flexibility index (Phi) is 14.1. The second-order valence-electron chi connectivity index (χ2n) is 11.4. The molecule has 0 aromatic rings. The lowest BCUT2D eigenvalue weighted by Gasteiger charge is -2.48. The SMILES string of the molecule is CO[C@@H]1O[C@H](CO)[C@@H](O[C@@H]2O[C@H](CO)[C@@H](S[C@H]3O[C@H](CO)[C@@H](S[C@@H]4O[C@H](CO)[C@@H](O)[C@H](O)[C@H]4O)[C@H](O)[C@H]3O)[C@H](O)[C@H]2O)[C@H](O)[C@H]1O. The normalized spacial score (nSPS) is 52.0. The Morgan fingerprint density at radius 3 is 1.41 bits per heavy atom. The largest absolute Gasteiger partial charge is 0.394 e. The van der Waals surface area contributed by atoms with Crippen LogP contribution in [0.2, 0.25) is 0 Å². The van der Waals surface area contributed by atoms with E-state index in [1.54, 1.807) is 0 Å². The molecule has 0 saturated carbocycles. The molecule has 4 aliphatic rings. The average Bonchev–Trinajstić information content (AvgIpc) is 3.05. The summed E-state index contributed by atoms with van der Waals surface area (Å²) in [5, 5.41) is 132. The minimum absolute atomic E-state index is 0.667. The van der Waals surface area contributed by atoms with E-state index in [-0.39, 0.29) is 0 Å². The molecule has 4 saturated heterocycles. The number of hydrogen-bond donors (Lipinski definition) is 13. The zero-order chi connectivity index (χ0) is 34.0. The minimum atomic E-state index is -1.85. The lowest BCUT2D eigenvalue weighted by molar-refractivity contribution is -0.346. The fraction of sp³-hybridized carbons (Fsp3) is 1.00. The second kappa shape index (κ2) is 16.8. The molecule has 0 aliphatic carbocycles. The van der Waals surface area contributed by atoms with Crippen molar-refractivity contribution in [2.75, 3.05) is 33.5 Å². The molecule has 0 aromatic heterocycles. The summed E-state index contributed by atoms with van der Waals surface area (Å²) in [5.74, 6) is 0. The number of thioether (sulfide) groups is 2. The minimum Gasteiger partial charge on any atom is -0.394 e. The van der Waals surface area contributed by atoms with Gasteiger partial charge in [-0.15, -0.1) is 23.5 Å². The fourth-order valence-corrected chi connectivity index (χ4v) is 8.70. The Balaban J connectivity index is 1.43. The fourth-order valence-electron chi connectivity index (χ4n) is 5.73. The van der Waals surface area contributed by atoms with Crippen LogP contribution in [-0.2, 0) is 28.4 Å². The lowest BCUT2D eigenvalue weighted by Crippen LogP contribution is -2.65. The van der Waals surface area contributed by atoms with Crippen LogP contribution < -0.4 is 0 Å². The lowest BCUT2D eigenvalue weighted by atomic mass is 9.98. The molecule has 4 fully saturated rings. The smallest absolute Gasteiger partial charge is 0.187 e. The average molecular weight is 713 g/mol. The summed E-state index contributed by atoms with van der Waals surface area (Å²) in [7, 11) is 1.21. The van der Waals surface area contributed by atoms with Gasteiger partial charge in [0, 0.05) is 7.11 Å². The molecule has 270 valence electrons. The van der Waals surface area contributed by atoms with Gasteiger partial charge in [-0.2, -0.15) is 0 Å². The van der Waals surface area contributed by atoms with Crippen LogP contribution in [-0.4, -0.2) is 219 Å². The van der Waals surface area contributed by atoms with Crippen molar-refractivity contribution in [3.8, 4) is 0 Å². The van der Waals surface area contributed by atoms with Crippen molar-refractivity contribution in [3.63, 3.8) is 0 Å². The van der Waals surface area contributed by atoms with Crippen molar-refractivity contribution in [1.29, 1.82) is 0 Å². The van der Waals surface area contributed by atoms with Crippen molar-refractivity contribution in [1.82, 2.24) is 0 Å². The Hall–Kier alpha value is -0.0600. The monoisotopic (exact) mass is 712 g/mol. The molecule has 4 rings (SSSR count). The summed E-state index contributed by atoms with van der Waals surface area (Å²) < 4.78 is 32.9. The van der Waals surface area contributed by atoms with Crippen LogP contribution in [0.15, 0.2) is 0 Å². The number of rotatable bonds is 11. The van der Waals surface area contributed by atoms with Crippen molar-refractivity contribution in [2.24, 2.45) is 0 Å². The first-order chi connectivity index (χ1) is 21.8. The van der Waals surface area contributed by atoms with E-state index in [0.29, 0.717) is 23.5 Å². The highest BCUT2D eigenvalue weighted by atomic mass is 32.2. The predicted octanol–water partition coefficient (Wildman–Crippen LogP) is -7.66. The van der Waals surface area contributed by atoms with E-state index < -0.39 is 146 Å². The molecule has 0 bridgehead atoms. The zero-order valence-corrected chi connectivity index (χ0v) is 26.1. The summed E-state index contributed by atoms with van der Waals surface area (Å²) in [6.45, 7) is -2.86. The van der Waals surface area contributed by atoms with Crippen molar-refractivity contribution in [2.45, 2.75) is 119 Å². The second-order valence-corrected chi connectivity index (χ2v) is 13.9. The molecular weight excluding hydrogens is 668 g/mol. The van der Waals surface area contributed by atoms with Gasteiger partial charge < -0.3 is 94.8 Å². The van der Waals surface area contributed by atoms with Gasteiger partial charge in [-0.05, 0) is 0 Å². The van der Waals surface area contributed by atoms with Gasteiger partial charge in [0.2, 0.25) is 0 Å². The summed E-state index contributed by atoms with van der Waals surface area (Å²) >= 11 is 1.36. The van der Waals surface area contributed by atoms with Gasteiger partial charge in [0.25, 0.3) is 0 Å². The van der Waals surface area contributed by atoms with Gasteiger partial charge in [0.15, 0.2) is 12.6 Å². The number of aliphatic hydroxyl groups is 13. The number of methoxy groups -OCH3 is 1. The highest BCUT2D eigenvalue weighted by Gasteiger charge is 2.54. The molecule has 21 heteroatoms. The number of ether oxygens (including phenoxy) is 6. The predicted molar refractivity (Wildman–Crippen MR) is 152 cm³/mol. The first-order valence-corrected chi connectivity index (χ1v) is 16.4. The van der Waals surface area contributed by atoms with E-state index in [0.717, 1.165) is 0 Å². The van der Waals surface area contributed by atoms with E-state index in [1.165, 1.54) is 7.11 Å². The number of aliphatic hydroxyl groups excluding tert-OH is 13. The molecule has 0 spiro atoms. The molecule has 4 aliphatic heterocycles. The Morgan fingerprint density at radius 2 is 0.891 bits per heavy atom. The van der Waals surface area contributed by atoms with Crippen molar-refractivity contribution in [3.05, 3.63) is 0 Å². The Labute approximate surface area is 271 Å². The van der Waals surface area contributed by atoms with E-state index in [4.69, 9.17) is 28.4 Å². The standard InChI is InChI=1S/C25H44O19S2/c1-39-22-15(35)12(32)19(7(3-27)40-22)44-23-16(36)13(33)20(8(4-28)41-23)45-25-18(38)14(34)21(9(5-29)43-25)46-24-17(37)11(31)10(30)6(2-26)42-24/h6-38H,2-5H2,1H3/t6-,7-,8-,9-,10-,11+,12-,13-,14-,15-,16-,17-,18-,19-,20-,21-,22-,23+,24+,25-/m1/s1. The van der Waals surface area contributed by atoms with Gasteiger partial charge in [-0.3, -0.25) is 0 Å². The van der Waals surface area contributed by atoms with Crippen molar-refractivity contribution >= 4 is 23.5 Å². The van der Waals surface area contributed by atoms with Gasteiger partial charge in [-0.25, -0.2) is 0 Å². The third-order valence-corrected chi connectivity index (χ3v) is 11.5. The summed E-state index contributed by atoms with van der Waals surface area (Å²) in [5.41, 5.74) is -2.70. The van der Waals surface area contributed by atoms with Crippen LogP contribution in [0.25, 0.3) is 0 Å². The van der Waals surface area contributed by atoms with Crippen LogP contribution in [0.3, 0.4) is 0 Å². The molecule has 4 heterocycles. The zero-order valence-electron chi connectivity index (χ0n) is 24.5. The van der Waals surface area contributed by atoms with Gasteiger partial charge in [0.1, 0.15) is 71.9 Å². The summed E-state index contributed by atoms with van der Waals surface area (Å²) in [6.07, 6.45) is -24.8. The van der Waals surface area contributed by atoms with Crippen LogP contribution in [0.1, 0.15) is 0 Å².